The number of Topliss-reactive ketones (excluding diaryl/α,β-unsaturated/α-hetero) is 1. The molecule has 0 aromatic heterocycles. The Morgan fingerprint density at radius 2 is 1.91 bits per heavy atom. The molecule has 0 unspecified atom stereocenters. The number of carbonyl (C=O) groups is 2. The van der Waals surface area contributed by atoms with Gasteiger partial charge in [0, 0.05) is 45.0 Å². The number of nitrogens with zero attached hydrogens (tertiary/aromatic N) is 1. The third kappa shape index (κ3) is 2.73. The molecule has 124 valence electrons. The zero-order chi connectivity index (χ0) is 16.6. The maximum absolute atomic E-state index is 12.7. The van der Waals surface area contributed by atoms with Crippen molar-refractivity contribution in [3.05, 3.63) is 17.7 Å². The highest BCUT2D eigenvalue weighted by Gasteiger charge is 2.44. The summed E-state index contributed by atoms with van der Waals surface area (Å²) < 4.78 is 16.8. The van der Waals surface area contributed by atoms with Crippen LogP contribution in [0.4, 0.5) is 0 Å². The second kappa shape index (κ2) is 5.76. The van der Waals surface area contributed by atoms with Gasteiger partial charge >= 0.3 is 0 Å². The predicted molar refractivity (Wildman–Crippen MR) is 83.3 cm³/mol. The summed E-state index contributed by atoms with van der Waals surface area (Å²) in [6, 6.07) is 3.42. The normalized spacial score (nSPS) is 19.1. The first-order valence-electron chi connectivity index (χ1n) is 7.72. The lowest BCUT2D eigenvalue weighted by atomic mass is 9.82. The fourth-order valence-corrected chi connectivity index (χ4v) is 3.36. The van der Waals surface area contributed by atoms with E-state index in [-0.39, 0.29) is 11.7 Å². The molecule has 23 heavy (non-hydrogen) atoms. The van der Waals surface area contributed by atoms with E-state index in [4.69, 9.17) is 14.2 Å². The lowest BCUT2D eigenvalue weighted by Crippen LogP contribution is -2.51. The number of amides is 1. The monoisotopic (exact) mass is 319 g/mol. The number of carbonyl (C=O) groups excluding carboxylic acids is 2. The second-order valence-corrected chi connectivity index (χ2v) is 6.09. The molecule has 0 N–H and O–H groups in total. The molecular weight excluding hydrogens is 298 g/mol. The molecule has 0 aliphatic carbocycles. The van der Waals surface area contributed by atoms with E-state index in [0.29, 0.717) is 55.2 Å². The number of rotatable bonds is 2. The minimum absolute atomic E-state index is 0.0158. The molecule has 2 heterocycles. The molecule has 6 heteroatoms. The summed E-state index contributed by atoms with van der Waals surface area (Å²) >= 11 is 0. The van der Waals surface area contributed by atoms with E-state index in [1.54, 1.807) is 31.1 Å². The largest absolute Gasteiger partial charge is 0.496 e. The number of ketones is 1. The Kier molecular flexibility index (Phi) is 3.92. The molecule has 1 amide bonds. The number of likely N-dealkylation sites (tertiary alicyclic amines) is 1. The number of benzene rings is 1. The number of hydrogen-bond acceptors (Lipinski definition) is 5. The average molecular weight is 319 g/mol. The third-order valence-electron chi connectivity index (χ3n) is 4.70. The van der Waals surface area contributed by atoms with Crippen molar-refractivity contribution >= 4 is 11.7 Å². The summed E-state index contributed by atoms with van der Waals surface area (Å²) in [5.41, 5.74) is -0.0548. The Morgan fingerprint density at radius 3 is 2.48 bits per heavy atom. The van der Waals surface area contributed by atoms with Crippen molar-refractivity contribution in [3.63, 3.8) is 0 Å². The van der Waals surface area contributed by atoms with Crippen LogP contribution in [-0.4, -0.2) is 49.5 Å². The molecule has 6 nitrogen and oxygen atoms in total. The average Bonchev–Trinajstić information content (AvgIpc) is 2.53. The van der Waals surface area contributed by atoms with Crippen molar-refractivity contribution in [2.24, 2.45) is 0 Å². The molecule has 0 atom stereocenters. The third-order valence-corrected chi connectivity index (χ3v) is 4.70. The maximum Gasteiger partial charge on any atom is 0.219 e. The van der Waals surface area contributed by atoms with Gasteiger partial charge in [0.1, 0.15) is 28.4 Å². The van der Waals surface area contributed by atoms with Crippen LogP contribution in [0.1, 0.15) is 36.5 Å². The van der Waals surface area contributed by atoms with Gasteiger partial charge in [0.2, 0.25) is 5.91 Å². The second-order valence-electron chi connectivity index (χ2n) is 6.09. The smallest absolute Gasteiger partial charge is 0.219 e. The predicted octanol–water partition coefficient (Wildman–Crippen LogP) is 2.05. The molecule has 0 radical (unpaired) electrons. The van der Waals surface area contributed by atoms with Gasteiger partial charge in [-0.25, -0.2) is 0 Å². The van der Waals surface area contributed by atoms with Gasteiger partial charge in [-0.15, -0.1) is 0 Å². The highest BCUT2D eigenvalue weighted by atomic mass is 16.5. The molecule has 3 rings (SSSR count). The van der Waals surface area contributed by atoms with Gasteiger partial charge < -0.3 is 19.1 Å². The Labute approximate surface area is 135 Å². The number of piperidine rings is 1. The van der Waals surface area contributed by atoms with Crippen LogP contribution in [0.3, 0.4) is 0 Å². The van der Waals surface area contributed by atoms with Gasteiger partial charge in [-0.05, 0) is 0 Å². The summed E-state index contributed by atoms with van der Waals surface area (Å²) in [6.07, 6.45) is 1.61. The highest BCUT2D eigenvalue weighted by molar-refractivity contribution is 6.03. The Morgan fingerprint density at radius 1 is 1.22 bits per heavy atom. The van der Waals surface area contributed by atoms with Gasteiger partial charge in [0.25, 0.3) is 0 Å². The summed E-state index contributed by atoms with van der Waals surface area (Å²) in [5.74, 6) is 1.65. The Hall–Kier alpha value is -2.24. The van der Waals surface area contributed by atoms with Crippen molar-refractivity contribution in [1.82, 2.24) is 4.90 Å². The van der Waals surface area contributed by atoms with E-state index in [0.717, 1.165) is 0 Å². The van der Waals surface area contributed by atoms with Crippen LogP contribution in [0.15, 0.2) is 12.1 Å². The van der Waals surface area contributed by atoms with E-state index in [9.17, 15) is 9.59 Å². The Bertz CT molecular complexity index is 647. The fourth-order valence-electron chi connectivity index (χ4n) is 3.36. The molecule has 1 fully saturated rings. The first-order valence-corrected chi connectivity index (χ1v) is 7.72. The van der Waals surface area contributed by atoms with Gasteiger partial charge in [-0.3, -0.25) is 9.59 Å². The van der Waals surface area contributed by atoms with Crippen LogP contribution in [0.25, 0.3) is 0 Å². The highest BCUT2D eigenvalue weighted by Crippen LogP contribution is 2.44. The van der Waals surface area contributed by atoms with Crippen LogP contribution >= 0.6 is 0 Å². The fraction of sp³-hybridized carbons (Fsp3) is 0.529. The molecule has 2 aliphatic heterocycles. The van der Waals surface area contributed by atoms with Crippen molar-refractivity contribution in [2.75, 3.05) is 27.3 Å². The SMILES string of the molecule is COc1cc(OC)c2c(c1)OC1(CCN(C(C)=O)CC1)CC2=O. The van der Waals surface area contributed by atoms with Crippen LogP contribution < -0.4 is 14.2 Å². The molecule has 0 saturated carbocycles. The Balaban J connectivity index is 1.92. The van der Waals surface area contributed by atoms with Crippen LogP contribution in [0, 0.1) is 0 Å². The lowest BCUT2D eigenvalue weighted by Gasteiger charge is -2.43. The van der Waals surface area contributed by atoms with E-state index >= 15 is 0 Å². The quantitative estimate of drug-likeness (QED) is 0.835. The molecule has 1 aromatic carbocycles. The number of ether oxygens (including phenoxy) is 3. The summed E-state index contributed by atoms with van der Waals surface area (Å²) in [7, 11) is 3.09. The van der Waals surface area contributed by atoms with Gasteiger partial charge in [-0.1, -0.05) is 0 Å². The van der Waals surface area contributed by atoms with Crippen LogP contribution in [0.5, 0.6) is 17.2 Å². The molecular formula is C17H21NO5. The molecule has 1 spiro atoms. The standard InChI is InChI=1S/C17H21NO5/c1-11(19)18-6-4-17(5-7-18)10-13(20)16-14(22-3)8-12(21-2)9-15(16)23-17/h8-9H,4-7,10H2,1-3H3. The van der Waals surface area contributed by atoms with Gasteiger partial charge in [-0.2, -0.15) is 0 Å². The van der Waals surface area contributed by atoms with E-state index in [1.807, 2.05) is 0 Å². The van der Waals surface area contributed by atoms with Crippen molar-refractivity contribution < 1.29 is 23.8 Å². The summed E-state index contributed by atoms with van der Waals surface area (Å²) in [4.78, 5) is 25.9. The lowest BCUT2D eigenvalue weighted by molar-refractivity contribution is -0.132. The minimum Gasteiger partial charge on any atom is -0.496 e. The number of hydrogen-bond donors (Lipinski definition) is 0. The van der Waals surface area contributed by atoms with Crippen molar-refractivity contribution in [1.29, 1.82) is 0 Å². The van der Waals surface area contributed by atoms with E-state index < -0.39 is 5.60 Å². The van der Waals surface area contributed by atoms with Crippen LogP contribution in [0.2, 0.25) is 0 Å². The molecule has 0 bridgehead atoms. The molecule has 2 aliphatic rings. The topological polar surface area (TPSA) is 65.1 Å². The number of fused-ring (bicyclic) bond motifs is 1. The summed E-state index contributed by atoms with van der Waals surface area (Å²) in [6.45, 7) is 2.79. The number of methoxy groups -OCH3 is 2. The minimum atomic E-state index is -0.534. The molecule has 1 saturated heterocycles. The van der Waals surface area contributed by atoms with Crippen LogP contribution in [-0.2, 0) is 4.79 Å². The van der Waals surface area contributed by atoms with Gasteiger partial charge in [0.15, 0.2) is 5.78 Å². The first-order chi connectivity index (χ1) is 11.0. The van der Waals surface area contributed by atoms with E-state index in [2.05, 4.69) is 0 Å². The first kappa shape index (κ1) is 15.6. The molecule has 1 aromatic rings. The zero-order valence-corrected chi connectivity index (χ0v) is 13.7. The zero-order valence-electron chi connectivity index (χ0n) is 13.7. The van der Waals surface area contributed by atoms with Gasteiger partial charge in [0.05, 0.1) is 20.6 Å². The van der Waals surface area contributed by atoms with Crippen molar-refractivity contribution in [2.45, 2.75) is 31.8 Å². The maximum atomic E-state index is 12.7. The van der Waals surface area contributed by atoms with E-state index in [1.165, 1.54) is 7.11 Å². The summed E-state index contributed by atoms with van der Waals surface area (Å²) in [5, 5.41) is 0. The van der Waals surface area contributed by atoms with Crippen molar-refractivity contribution in [3.8, 4) is 17.2 Å².